The third-order valence-corrected chi connectivity index (χ3v) is 4.88. The highest BCUT2D eigenvalue weighted by molar-refractivity contribution is 9.10. The van der Waals surface area contributed by atoms with Crippen molar-refractivity contribution in [3.8, 4) is 0 Å². The van der Waals surface area contributed by atoms with Crippen LogP contribution in [0.2, 0.25) is 0 Å². The summed E-state index contributed by atoms with van der Waals surface area (Å²) in [6, 6.07) is 2.82. The number of hydrogen-bond donors (Lipinski definition) is 1. The molecule has 1 atom stereocenters. The van der Waals surface area contributed by atoms with Gasteiger partial charge >= 0.3 is 0 Å². The minimum Gasteiger partial charge on any atom is -0.316 e. The number of likely N-dealkylation sites (tertiary alicyclic amines) is 1. The third kappa shape index (κ3) is 3.03. The van der Waals surface area contributed by atoms with Crippen LogP contribution in [0.15, 0.2) is 15.9 Å². The van der Waals surface area contributed by atoms with Crippen molar-refractivity contribution in [1.29, 1.82) is 0 Å². The van der Waals surface area contributed by atoms with E-state index in [9.17, 15) is 0 Å². The predicted molar refractivity (Wildman–Crippen MR) is 69.4 cm³/mol. The van der Waals surface area contributed by atoms with Gasteiger partial charge in [-0.3, -0.25) is 4.90 Å². The Bertz CT molecular complexity index is 313. The molecular formula is C11H17BrN2S. The molecule has 0 radical (unpaired) electrons. The van der Waals surface area contributed by atoms with Crippen LogP contribution in [0.3, 0.4) is 0 Å². The van der Waals surface area contributed by atoms with Crippen LogP contribution in [0, 0.1) is 0 Å². The minimum absolute atomic E-state index is 0.678. The molecule has 2 rings (SSSR count). The van der Waals surface area contributed by atoms with E-state index in [1.165, 1.54) is 35.3 Å². The van der Waals surface area contributed by atoms with Crippen molar-refractivity contribution in [2.24, 2.45) is 0 Å². The number of thiophene rings is 1. The molecule has 1 saturated heterocycles. The molecular weight excluding hydrogens is 272 g/mol. The van der Waals surface area contributed by atoms with Crippen LogP contribution in [0.25, 0.3) is 0 Å². The molecule has 4 heteroatoms. The van der Waals surface area contributed by atoms with Gasteiger partial charge in [0.1, 0.15) is 0 Å². The normalized spacial score (nSPS) is 23.2. The van der Waals surface area contributed by atoms with Gasteiger partial charge in [0, 0.05) is 28.5 Å². The molecule has 1 aromatic rings. The Labute approximate surface area is 104 Å². The Morgan fingerprint density at radius 1 is 1.67 bits per heavy atom. The van der Waals surface area contributed by atoms with Gasteiger partial charge in [-0.2, -0.15) is 0 Å². The van der Waals surface area contributed by atoms with Gasteiger partial charge in [0.2, 0.25) is 0 Å². The van der Waals surface area contributed by atoms with E-state index < -0.39 is 0 Å². The highest BCUT2D eigenvalue weighted by atomic mass is 79.9. The Morgan fingerprint density at radius 3 is 3.20 bits per heavy atom. The number of nitrogens with one attached hydrogen (secondary N) is 1. The molecule has 1 unspecified atom stereocenters. The lowest BCUT2D eigenvalue weighted by Crippen LogP contribution is -2.43. The molecule has 0 aromatic carbocycles. The number of rotatable bonds is 3. The van der Waals surface area contributed by atoms with Crippen LogP contribution in [-0.2, 0) is 6.54 Å². The van der Waals surface area contributed by atoms with Gasteiger partial charge < -0.3 is 5.32 Å². The summed E-state index contributed by atoms with van der Waals surface area (Å²) in [5, 5.41) is 5.53. The van der Waals surface area contributed by atoms with Crippen molar-refractivity contribution in [2.75, 3.05) is 20.1 Å². The number of halogens is 1. The largest absolute Gasteiger partial charge is 0.316 e. The van der Waals surface area contributed by atoms with Crippen molar-refractivity contribution >= 4 is 27.3 Å². The summed E-state index contributed by atoms with van der Waals surface area (Å²) < 4.78 is 1.26. The van der Waals surface area contributed by atoms with Gasteiger partial charge in [0.15, 0.2) is 0 Å². The van der Waals surface area contributed by atoms with Gasteiger partial charge in [-0.25, -0.2) is 0 Å². The fraction of sp³-hybridized carbons (Fsp3) is 0.636. The Kier molecular flexibility index (Phi) is 4.20. The van der Waals surface area contributed by atoms with Gasteiger partial charge in [-0.1, -0.05) is 0 Å². The fourth-order valence-electron chi connectivity index (χ4n) is 2.08. The van der Waals surface area contributed by atoms with Crippen LogP contribution in [-0.4, -0.2) is 31.1 Å². The molecule has 1 N–H and O–H groups in total. The first-order valence-electron chi connectivity index (χ1n) is 5.41. The first-order chi connectivity index (χ1) is 7.29. The van der Waals surface area contributed by atoms with Gasteiger partial charge in [0.25, 0.3) is 0 Å². The lowest BCUT2D eigenvalue weighted by Gasteiger charge is -2.32. The summed E-state index contributed by atoms with van der Waals surface area (Å²) >= 11 is 5.44. The summed E-state index contributed by atoms with van der Waals surface area (Å²) in [6.45, 7) is 3.51. The summed E-state index contributed by atoms with van der Waals surface area (Å²) in [5.74, 6) is 0. The molecule has 1 aromatic heterocycles. The Hall–Kier alpha value is 0.100. The molecule has 2 heterocycles. The van der Waals surface area contributed by atoms with Gasteiger partial charge in [-0.15, -0.1) is 11.3 Å². The zero-order valence-corrected chi connectivity index (χ0v) is 11.4. The lowest BCUT2D eigenvalue weighted by atomic mass is 10.1. The zero-order valence-electron chi connectivity index (χ0n) is 9.00. The molecule has 15 heavy (non-hydrogen) atoms. The maximum absolute atomic E-state index is 3.59. The van der Waals surface area contributed by atoms with E-state index in [0.717, 1.165) is 6.54 Å². The molecule has 0 bridgehead atoms. The molecule has 1 fully saturated rings. The topological polar surface area (TPSA) is 15.3 Å². The highest BCUT2D eigenvalue weighted by Crippen LogP contribution is 2.25. The van der Waals surface area contributed by atoms with Crippen LogP contribution in [0.1, 0.15) is 17.7 Å². The first kappa shape index (κ1) is 11.6. The minimum atomic E-state index is 0.678. The van der Waals surface area contributed by atoms with Crippen LogP contribution in [0.5, 0.6) is 0 Å². The molecule has 84 valence electrons. The Morgan fingerprint density at radius 2 is 2.53 bits per heavy atom. The van der Waals surface area contributed by atoms with Crippen molar-refractivity contribution in [1.82, 2.24) is 10.2 Å². The summed E-state index contributed by atoms with van der Waals surface area (Å²) in [6.07, 6.45) is 2.63. The highest BCUT2D eigenvalue weighted by Gasteiger charge is 2.19. The molecule has 2 nitrogen and oxygen atoms in total. The summed E-state index contributed by atoms with van der Waals surface area (Å²) in [4.78, 5) is 3.99. The monoisotopic (exact) mass is 288 g/mol. The molecule has 0 aliphatic carbocycles. The second kappa shape index (κ2) is 5.43. The molecule has 1 aliphatic heterocycles. The lowest BCUT2D eigenvalue weighted by molar-refractivity contribution is 0.189. The van der Waals surface area contributed by atoms with E-state index in [1.54, 1.807) is 0 Å². The maximum atomic E-state index is 3.59. The van der Waals surface area contributed by atoms with E-state index in [0.29, 0.717) is 6.04 Å². The second-order valence-electron chi connectivity index (χ2n) is 4.05. The predicted octanol–water partition coefficient (Wildman–Crippen LogP) is 2.69. The maximum Gasteiger partial charge on any atom is 0.0339 e. The van der Waals surface area contributed by atoms with E-state index in [4.69, 9.17) is 0 Å². The van der Waals surface area contributed by atoms with Crippen molar-refractivity contribution < 1.29 is 0 Å². The van der Waals surface area contributed by atoms with Crippen LogP contribution in [0.4, 0.5) is 0 Å². The number of piperidine rings is 1. The molecule has 0 amide bonds. The van der Waals surface area contributed by atoms with Crippen molar-refractivity contribution in [3.05, 3.63) is 20.8 Å². The third-order valence-electron chi connectivity index (χ3n) is 2.97. The van der Waals surface area contributed by atoms with E-state index in [2.05, 4.69) is 44.6 Å². The quantitative estimate of drug-likeness (QED) is 0.920. The van der Waals surface area contributed by atoms with Gasteiger partial charge in [0.05, 0.1) is 0 Å². The number of nitrogens with zero attached hydrogens (tertiary/aromatic N) is 1. The van der Waals surface area contributed by atoms with Crippen LogP contribution >= 0.6 is 27.3 Å². The summed E-state index contributed by atoms with van der Waals surface area (Å²) in [5.41, 5.74) is 0. The average molecular weight is 289 g/mol. The number of hydrogen-bond acceptors (Lipinski definition) is 3. The SMILES string of the molecule is CNC1CCCN(Cc2sccc2Br)C1. The van der Waals surface area contributed by atoms with Gasteiger partial charge in [-0.05, 0) is 53.8 Å². The van der Waals surface area contributed by atoms with E-state index >= 15 is 0 Å². The second-order valence-corrected chi connectivity index (χ2v) is 5.91. The smallest absolute Gasteiger partial charge is 0.0339 e. The number of likely N-dealkylation sites (N-methyl/N-ethyl adjacent to an activating group) is 1. The zero-order chi connectivity index (χ0) is 10.7. The van der Waals surface area contributed by atoms with Crippen molar-refractivity contribution in [2.45, 2.75) is 25.4 Å². The Balaban J connectivity index is 1.92. The standard InChI is InChI=1S/C11H17BrN2S/c1-13-9-3-2-5-14(7-9)8-11-10(12)4-6-15-11/h4,6,9,13H,2-3,5,7-8H2,1H3. The molecule has 1 aliphatic rings. The van der Waals surface area contributed by atoms with Crippen LogP contribution < -0.4 is 5.32 Å². The first-order valence-corrected chi connectivity index (χ1v) is 7.08. The fourth-order valence-corrected chi connectivity index (χ4v) is 3.59. The van der Waals surface area contributed by atoms with E-state index in [-0.39, 0.29) is 0 Å². The molecule has 0 saturated carbocycles. The van der Waals surface area contributed by atoms with E-state index in [1.807, 2.05) is 11.3 Å². The molecule has 0 spiro atoms. The summed E-state index contributed by atoms with van der Waals surface area (Å²) in [7, 11) is 2.06. The van der Waals surface area contributed by atoms with Crippen molar-refractivity contribution in [3.63, 3.8) is 0 Å². The average Bonchev–Trinajstić information content (AvgIpc) is 2.65.